The van der Waals surface area contributed by atoms with Crippen molar-refractivity contribution in [3.8, 4) is 11.5 Å². The molecule has 0 unspecified atom stereocenters. The zero-order valence-electron chi connectivity index (χ0n) is 19.7. The lowest BCUT2D eigenvalue weighted by molar-refractivity contribution is -0.122. The number of carbonyl (C=O) groups excluding carboxylic acids is 3. The number of halogens is 2. The van der Waals surface area contributed by atoms with E-state index < -0.39 is 17.8 Å². The molecule has 0 bridgehead atoms. The third kappa shape index (κ3) is 5.29. The molecule has 1 aliphatic heterocycles. The molecule has 0 atom stereocenters. The van der Waals surface area contributed by atoms with Crippen molar-refractivity contribution in [2.45, 2.75) is 20.5 Å². The predicted molar refractivity (Wildman–Crippen MR) is 141 cm³/mol. The van der Waals surface area contributed by atoms with Gasteiger partial charge < -0.3 is 9.47 Å². The summed E-state index contributed by atoms with van der Waals surface area (Å²) in [5, 5.41) is 2.85. The van der Waals surface area contributed by atoms with Crippen LogP contribution in [0, 0.1) is 13.8 Å². The summed E-state index contributed by atoms with van der Waals surface area (Å²) < 4.78 is 12.0. The van der Waals surface area contributed by atoms with Crippen molar-refractivity contribution >= 4 is 57.1 Å². The number of imide groups is 2. The quantitative estimate of drug-likeness (QED) is 0.292. The average molecular weight is 570 g/mol. The van der Waals surface area contributed by atoms with Gasteiger partial charge in [0.1, 0.15) is 12.2 Å². The number of rotatable bonds is 6. The van der Waals surface area contributed by atoms with E-state index in [2.05, 4.69) is 21.2 Å². The Morgan fingerprint density at radius 2 is 1.83 bits per heavy atom. The Labute approximate surface area is 221 Å². The number of nitrogens with one attached hydrogen (secondary N) is 1. The minimum atomic E-state index is -0.794. The van der Waals surface area contributed by atoms with Crippen LogP contribution in [0.25, 0.3) is 6.08 Å². The fraction of sp³-hybridized carbons (Fsp3) is 0.148. The van der Waals surface area contributed by atoms with Gasteiger partial charge in [0.15, 0.2) is 11.5 Å². The maximum atomic E-state index is 13.3. The second-order valence-electron chi connectivity index (χ2n) is 8.20. The summed E-state index contributed by atoms with van der Waals surface area (Å²) in [6, 6.07) is 15.2. The summed E-state index contributed by atoms with van der Waals surface area (Å²) in [6.45, 7) is 3.97. The average Bonchev–Trinajstić information content (AvgIpc) is 2.82. The van der Waals surface area contributed by atoms with Gasteiger partial charge in [0.05, 0.1) is 17.3 Å². The van der Waals surface area contributed by atoms with Crippen LogP contribution in [-0.2, 0) is 16.2 Å². The Balaban J connectivity index is 1.66. The number of methoxy groups -OCH3 is 1. The van der Waals surface area contributed by atoms with E-state index >= 15 is 0 Å². The van der Waals surface area contributed by atoms with Crippen molar-refractivity contribution in [3.05, 3.63) is 91.9 Å². The van der Waals surface area contributed by atoms with E-state index in [0.29, 0.717) is 32.2 Å². The van der Waals surface area contributed by atoms with E-state index in [4.69, 9.17) is 21.1 Å². The van der Waals surface area contributed by atoms with E-state index in [1.165, 1.54) is 13.2 Å². The second kappa shape index (κ2) is 10.6. The molecule has 7 nitrogen and oxygen atoms in total. The first-order valence-electron chi connectivity index (χ1n) is 10.9. The monoisotopic (exact) mass is 568 g/mol. The van der Waals surface area contributed by atoms with Crippen LogP contribution < -0.4 is 19.7 Å². The minimum absolute atomic E-state index is 0.184. The Morgan fingerprint density at radius 3 is 2.53 bits per heavy atom. The first-order valence-corrected chi connectivity index (χ1v) is 12.1. The number of ether oxygens (including phenoxy) is 2. The van der Waals surface area contributed by atoms with E-state index in [1.54, 1.807) is 43.3 Å². The number of hydrogen-bond acceptors (Lipinski definition) is 5. The number of anilines is 1. The maximum Gasteiger partial charge on any atom is 0.335 e. The number of hydrogen-bond donors (Lipinski definition) is 1. The van der Waals surface area contributed by atoms with Gasteiger partial charge in [0, 0.05) is 5.02 Å². The molecule has 1 fully saturated rings. The normalized spacial score (nSPS) is 14.8. The molecule has 0 aromatic heterocycles. The van der Waals surface area contributed by atoms with Crippen molar-refractivity contribution in [2.75, 3.05) is 12.0 Å². The molecule has 3 aromatic rings. The highest BCUT2D eigenvalue weighted by atomic mass is 79.9. The topological polar surface area (TPSA) is 84.9 Å². The Hall–Kier alpha value is -3.62. The maximum absolute atomic E-state index is 13.3. The zero-order chi connectivity index (χ0) is 26.0. The van der Waals surface area contributed by atoms with Crippen LogP contribution in [0.1, 0.15) is 22.3 Å². The Morgan fingerprint density at radius 1 is 1.06 bits per heavy atom. The van der Waals surface area contributed by atoms with Crippen molar-refractivity contribution in [1.29, 1.82) is 0 Å². The van der Waals surface area contributed by atoms with E-state index in [9.17, 15) is 14.4 Å². The Bertz CT molecular complexity index is 1420. The van der Waals surface area contributed by atoms with E-state index in [-0.39, 0.29) is 12.2 Å². The SMILES string of the molecule is COc1cc(/C=C2\C(=O)NC(=O)N(c3ccc(C)cc3C)C2=O)cc(Br)c1OCc1cccc(Cl)c1. The highest BCUT2D eigenvalue weighted by molar-refractivity contribution is 9.10. The van der Waals surface area contributed by atoms with Gasteiger partial charge in [-0.15, -0.1) is 0 Å². The lowest BCUT2D eigenvalue weighted by Crippen LogP contribution is -2.54. The van der Waals surface area contributed by atoms with Gasteiger partial charge in [-0.25, -0.2) is 9.69 Å². The van der Waals surface area contributed by atoms with Gasteiger partial charge in [0.25, 0.3) is 11.8 Å². The molecule has 1 N–H and O–H groups in total. The highest BCUT2D eigenvalue weighted by Crippen LogP contribution is 2.38. The fourth-order valence-corrected chi connectivity index (χ4v) is 4.63. The second-order valence-corrected chi connectivity index (χ2v) is 9.49. The molecule has 0 spiro atoms. The van der Waals surface area contributed by atoms with Crippen molar-refractivity contribution in [3.63, 3.8) is 0 Å². The van der Waals surface area contributed by atoms with Crippen LogP contribution in [0.15, 0.2) is 64.6 Å². The number of urea groups is 1. The number of amides is 4. The molecule has 184 valence electrons. The number of aryl methyl sites for hydroxylation is 2. The third-order valence-electron chi connectivity index (χ3n) is 5.53. The molecule has 0 saturated carbocycles. The number of carbonyl (C=O) groups is 3. The van der Waals surface area contributed by atoms with Gasteiger partial charge in [-0.1, -0.05) is 41.4 Å². The van der Waals surface area contributed by atoms with Crippen LogP contribution >= 0.6 is 27.5 Å². The van der Waals surface area contributed by atoms with E-state index in [1.807, 2.05) is 25.1 Å². The third-order valence-corrected chi connectivity index (χ3v) is 6.35. The molecule has 0 aliphatic carbocycles. The highest BCUT2D eigenvalue weighted by Gasteiger charge is 2.37. The summed E-state index contributed by atoms with van der Waals surface area (Å²) in [5.74, 6) is -0.648. The van der Waals surface area contributed by atoms with Crippen molar-refractivity contribution in [2.24, 2.45) is 0 Å². The largest absolute Gasteiger partial charge is 0.493 e. The van der Waals surface area contributed by atoms with Crippen LogP contribution in [0.5, 0.6) is 11.5 Å². The number of nitrogens with zero attached hydrogens (tertiary/aromatic N) is 1. The van der Waals surface area contributed by atoms with Gasteiger partial charge in [-0.05, 0) is 82.9 Å². The van der Waals surface area contributed by atoms with Gasteiger partial charge >= 0.3 is 6.03 Å². The van der Waals surface area contributed by atoms with Crippen molar-refractivity contribution < 1.29 is 23.9 Å². The molecule has 1 saturated heterocycles. The fourth-order valence-electron chi connectivity index (χ4n) is 3.84. The predicted octanol–water partition coefficient (Wildman–Crippen LogP) is 5.97. The van der Waals surface area contributed by atoms with Gasteiger partial charge in [-0.3, -0.25) is 14.9 Å². The number of benzene rings is 3. The molecular weight excluding hydrogens is 548 g/mol. The van der Waals surface area contributed by atoms with E-state index in [0.717, 1.165) is 21.6 Å². The van der Waals surface area contributed by atoms with Crippen LogP contribution in [0.4, 0.5) is 10.5 Å². The molecule has 3 aromatic carbocycles. The molecule has 36 heavy (non-hydrogen) atoms. The lowest BCUT2D eigenvalue weighted by atomic mass is 10.0. The summed E-state index contributed by atoms with van der Waals surface area (Å²) in [4.78, 5) is 39.4. The van der Waals surface area contributed by atoms with Crippen LogP contribution in [0.3, 0.4) is 0 Å². The summed E-state index contributed by atoms with van der Waals surface area (Å²) in [5.41, 5.74) is 3.33. The molecule has 4 rings (SSSR count). The minimum Gasteiger partial charge on any atom is -0.493 e. The van der Waals surface area contributed by atoms with Crippen LogP contribution in [0.2, 0.25) is 5.02 Å². The lowest BCUT2D eigenvalue weighted by Gasteiger charge is -2.27. The molecule has 0 radical (unpaired) electrons. The zero-order valence-corrected chi connectivity index (χ0v) is 22.1. The summed E-state index contributed by atoms with van der Waals surface area (Å²) in [7, 11) is 1.49. The first kappa shape index (κ1) is 25.5. The molecule has 4 amide bonds. The molecular formula is C27H22BrClN2O5. The van der Waals surface area contributed by atoms with Gasteiger partial charge in [0.2, 0.25) is 0 Å². The molecule has 9 heteroatoms. The van der Waals surface area contributed by atoms with Gasteiger partial charge in [-0.2, -0.15) is 0 Å². The standard InChI is InChI=1S/C27H22BrClN2O5/c1-15-7-8-22(16(2)9-15)31-26(33)20(25(32)30-27(31)34)11-18-12-21(28)24(23(13-18)35-3)36-14-17-5-4-6-19(29)10-17/h4-13H,14H2,1-3H3,(H,30,32,34)/b20-11+. The molecule has 1 aliphatic rings. The molecule has 1 heterocycles. The summed E-state index contributed by atoms with van der Waals surface area (Å²) in [6.07, 6.45) is 1.41. The summed E-state index contributed by atoms with van der Waals surface area (Å²) >= 11 is 9.53. The first-order chi connectivity index (χ1) is 17.2. The van der Waals surface area contributed by atoms with Crippen molar-refractivity contribution in [1.82, 2.24) is 5.32 Å². The smallest absolute Gasteiger partial charge is 0.335 e. The van der Waals surface area contributed by atoms with Crippen LogP contribution in [-0.4, -0.2) is 25.0 Å². The Kier molecular flexibility index (Phi) is 7.47. The number of barbiturate groups is 1.